The quantitative estimate of drug-likeness (QED) is 0.0961. The first-order chi connectivity index (χ1) is 59.0. The van der Waals surface area contributed by atoms with Crippen molar-refractivity contribution in [1.29, 1.82) is 0 Å². The van der Waals surface area contributed by atoms with Crippen molar-refractivity contribution in [2.24, 2.45) is 0 Å². The molecule has 22 aromatic rings. The molecule has 0 saturated carbocycles. The monoisotopic (exact) mass is 1520 g/mol. The molecule has 0 atom stereocenters. The first-order valence-corrected chi connectivity index (χ1v) is 40.8. The summed E-state index contributed by atoms with van der Waals surface area (Å²) >= 11 is 0. The Labute approximate surface area is 692 Å². The lowest BCUT2D eigenvalue weighted by atomic mass is 9.98. The molecule has 0 spiro atoms. The Bertz CT molecular complexity index is 6760. The van der Waals surface area contributed by atoms with E-state index >= 15 is 0 Å². The molecule has 119 heavy (non-hydrogen) atoms. The summed E-state index contributed by atoms with van der Waals surface area (Å²) in [5.74, 6) is 0. The summed E-state index contributed by atoms with van der Waals surface area (Å²) in [6, 6.07) is 173. The van der Waals surface area contributed by atoms with Crippen molar-refractivity contribution in [2.45, 2.75) is 0 Å². The molecule has 19 aromatic carbocycles. The Hall–Kier alpha value is -15.8. The number of hydrogen-bond donors (Lipinski definition) is 0. The van der Waals surface area contributed by atoms with Crippen LogP contribution in [-0.4, -0.2) is 13.7 Å². The minimum Gasteiger partial charge on any atom is -0.311 e. The van der Waals surface area contributed by atoms with Crippen molar-refractivity contribution in [3.63, 3.8) is 0 Å². The molecule has 0 N–H and O–H groups in total. The molecule has 0 fully saturated rings. The highest BCUT2D eigenvalue weighted by molar-refractivity contribution is 6.15. The number of para-hydroxylation sites is 5. The van der Waals surface area contributed by atoms with Gasteiger partial charge in [-0.05, 0) is 248 Å². The Balaban J connectivity index is 0.000000148. The molecule has 0 unspecified atom stereocenters. The van der Waals surface area contributed by atoms with Gasteiger partial charge < -0.3 is 23.5 Å². The molecule has 0 saturated heterocycles. The molecule has 0 aliphatic heterocycles. The molecule has 5 heteroatoms. The van der Waals surface area contributed by atoms with Gasteiger partial charge in [0, 0.05) is 83.5 Å². The Morgan fingerprint density at radius 3 is 0.496 bits per heavy atom. The van der Waals surface area contributed by atoms with Gasteiger partial charge in [-0.25, -0.2) is 0 Å². The summed E-state index contributed by atoms with van der Waals surface area (Å²) in [5, 5.41) is 7.50. The SMILES string of the molecule is c1ccc(-c2ccc(N(c3ccc(-c4ccccc4)cc3)c3ccc(-c4ccc(N(c5ccc(-c6ccccc6)cc5)c5ccc(-c6ccccc6)cc5)cc4)cc3)cc2)cc1.c1ccc(-n2c3ccccc3c3cc(-c4ccc5c(c4)c4cc(-c6ccc7c(c6)c6ccccc6n7-c6ccccc6)ccc4n5-c4ccccc4)ccc32)cc1. The van der Waals surface area contributed by atoms with Crippen LogP contribution in [0.2, 0.25) is 0 Å². The topological polar surface area (TPSA) is 21.3 Å². The first-order valence-electron chi connectivity index (χ1n) is 40.8. The molecule has 5 nitrogen and oxygen atoms in total. The zero-order valence-corrected chi connectivity index (χ0v) is 65.3. The zero-order chi connectivity index (χ0) is 79.0. The Morgan fingerprint density at radius 1 is 0.118 bits per heavy atom. The summed E-state index contributed by atoms with van der Waals surface area (Å²) < 4.78 is 7.17. The number of fused-ring (bicyclic) bond motifs is 9. The van der Waals surface area contributed by atoms with E-state index < -0.39 is 0 Å². The first kappa shape index (κ1) is 71.0. The van der Waals surface area contributed by atoms with E-state index in [1.807, 2.05) is 0 Å². The molecule has 3 aromatic heterocycles. The molecule has 22 rings (SSSR count). The van der Waals surface area contributed by atoms with E-state index in [4.69, 9.17) is 0 Å². The van der Waals surface area contributed by atoms with Crippen molar-refractivity contribution in [1.82, 2.24) is 13.7 Å². The molecular weight excluding hydrogens is 1440 g/mol. The van der Waals surface area contributed by atoms with Crippen LogP contribution < -0.4 is 9.80 Å². The lowest BCUT2D eigenvalue weighted by Gasteiger charge is -2.27. The van der Waals surface area contributed by atoms with Gasteiger partial charge in [-0.3, -0.25) is 0 Å². The average molecular weight is 1520 g/mol. The molecule has 0 amide bonds. The lowest BCUT2D eigenvalue weighted by molar-refractivity contribution is 1.18. The van der Waals surface area contributed by atoms with Gasteiger partial charge in [0.25, 0.3) is 0 Å². The van der Waals surface area contributed by atoms with Crippen LogP contribution in [0, 0.1) is 0 Å². The third-order valence-electron chi connectivity index (χ3n) is 23.3. The molecule has 3 heterocycles. The van der Waals surface area contributed by atoms with Crippen LogP contribution in [0.5, 0.6) is 0 Å². The maximum absolute atomic E-state index is 2.41. The second kappa shape index (κ2) is 31.2. The van der Waals surface area contributed by atoms with Gasteiger partial charge in [0.15, 0.2) is 0 Å². The van der Waals surface area contributed by atoms with E-state index in [1.165, 1.54) is 144 Å². The van der Waals surface area contributed by atoms with Crippen LogP contribution in [0.1, 0.15) is 0 Å². The van der Waals surface area contributed by atoms with E-state index in [0.29, 0.717) is 0 Å². The van der Waals surface area contributed by atoms with Gasteiger partial charge in [-0.2, -0.15) is 0 Å². The maximum atomic E-state index is 2.41. The van der Waals surface area contributed by atoms with Gasteiger partial charge in [-0.1, -0.05) is 309 Å². The minimum absolute atomic E-state index is 1.09. The van der Waals surface area contributed by atoms with Crippen LogP contribution in [0.15, 0.2) is 479 Å². The highest BCUT2D eigenvalue weighted by Gasteiger charge is 2.22. The van der Waals surface area contributed by atoms with Gasteiger partial charge in [-0.15, -0.1) is 0 Å². The number of hydrogen-bond acceptors (Lipinski definition) is 2. The smallest absolute Gasteiger partial charge is 0.0541 e. The fraction of sp³-hybridized carbons (Fsp3) is 0. The van der Waals surface area contributed by atoms with Gasteiger partial charge in [0.05, 0.1) is 33.1 Å². The van der Waals surface area contributed by atoms with Gasteiger partial charge in [0.1, 0.15) is 0 Å². The molecule has 0 bridgehead atoms. The number of nitrogens with zero attached hydrogens (tertiary/aromatic N) is 5. The average Bonchev–Trinajstić information content (AvgIpc) is 1.58. The maximum Gasteiger partial charge on any atom is 0.0541 e. The lowest BCUT2D eigenvalue weighted by Crippen LogP contribution is -2.10. The van der Waals surface area contributed by atoms with Gasteiger partial charge in [0.2, 0.25) is 0 Å². The number of rotatable bonds is 16. The van der Waals surface area contributed by atoms with E-state index in [1.54, 1.807) is 0 Å². The summed E-state index contributed by atoms with van der Waals surface area (Å²) in [5.41, 5.74) is 34.1. The summed E-state index contributed by atoms with van der Waals surface area (Å²) in [6.45, 7) is 0. The summed E-state index contributed by atoms with van der Waals surface area (Å²) in [7, 11) is 0. The largest absolute Gasteiger partial charge is 0.311 e. The Morgan fingerprint density at radius 2 is 0.277 bits per heavy atom. The fourth-order valence-electron chi connectivity index (χ4n) is 17.5. The summed E-state index contributed by atoms with van der Waals surface area (Å²) in [4.78, 5) is 4.67. The van der Waals surface area contributed by atoms with Crippen molar-refractivity contribution >= 4 is 99.5 Å². The third-order valence-corrected chi connectivity index (χ3v) is 23.3. The Kier molecular flexibility index (Phi) is 18.6. The highest BCUT2D eigenvalue weighted by Crippen LogP contribution is 2.45. The predicted octanol–water partition coefficient (Wildman–Crippen LogP) is 31.3. The van der Waals surface area contributed by atoms with Crippen LogP contribution >= 0.6 is 0 Å². The van der Waals surface area contributed by atoms with Crippen LogP contribution in [0.3, 0.4) is 0 Å². The van der Waals surface area contributed by atoms with Crippen LogP contribution in [0.4, 0.5) is 34.1 Å². The minimum atomic E-state index is 1.09. The molecular formula is C114H79N5. The van der Waals surface area contributed by atoms with E-state index in [-0.39, 0.29) is 0 Å². The second-order valence-electron chi connectivity index (χ2n) is 30.4. The molecule has 0 aliphatic carbocycles. The van der Waals surface area contributed by atoms with E-state index in [2.05, 4.69) is 503 Å². The third kappa shape index (κ3) is 13.6. The molecule has 0 aliphatic rings. The van der Waals surface area contributed by atoms with Crippen LogP contribution in [-0.2, 0) is 0 Å². The second-order valence-corrected chi connectivity index (χ2v) is 30.4. The highest BCUT2D eigenvalue weighted by atomic mass is 15.1. The van der Waals surface area contributed by atoms with Crippen LogP contribution in [0.25, 0.3) is 160 Å². The van der Waals surface area contributed by atoms with Gasteiger partial charge >= 0.3 is 0 Å². The van der Waals surface area contributed by atoms with E-state index in [0.717, 1.165) is 50.9 Å². The molecule has 0 radical (unpaired) electrons. The normalized spacial score (nSPS) is 11.4. The van der Waals surface area contributed by atoms with Crippen molar-refractivity contribution in [2.75, 3.05) is 9.80 Å². The molecule has 560 valence electrons. The van der Waals surface area contributed by atoms with Crippen molar-refractivity contribution in [3.8, 4) is 95.0 Å². The van der Waals surface area contributed by atoms with Crippen molar-refractivity contribution < 1.29 is 0 Å². The number of anilines is 6. The predicted molar refractivity (Wildman–Crippen MR) is 503 cm³/mol. The van der Waals surface area contributed by atoms with Crippen molar-refractivity contribution in [3.05, 3.63) is 479 Å². The zero-order valence-electron chi connectivity index (χ0n) is 65.3. The summed E-state index contributed by atoms with van der Waals surface area (Å²) in [6.07, 6.45) is 0. The van der Waals surface area contributed by atoms with E-state index in [9.17, 15) is 0 Å². The fourth-order valence-corrected chi connectivity index (χ4v) is 17.5. The number of aromatic nitrogens is 3. The standard InChI is InChI=1S/C60H44N2.C54H35N3/c1-5-13-45(14-6-1)49-21-33-55(34-22-49)61(56-35-23-50(24-36-56)46-15-7-2-8-16-46)59-41-29-53(30-42-59)54-31-43-60(44-32-54)62(57-37-25-51(26-38-57)47-17-9-3-10-18-47)58-39-27-52(28-40-58)48-19-11-4-12-20-48;1-4-14-40(15-5-1)55-49-22-12-10-20-43(49)45-32-36(24-28-51(45)55)38-26-30-53-47(34-38)48-35-39(27-31-54(48)57(53)42-18-8-3-9-19-42)37-25-29-52-46(33-37)44-21-11-13-23-50(44)56(52)41-16-6-2-7-17-41/h1-44H;1-35H. The number of benzene rings is 19.